The molecule has 0 saturated heterocycles. The Hall–Kier alpha value is -2.31. The second-order valence-corrected chi connectivity index (χ2v) is 5.31. The second-order valence-electron chi connectivity index (χ2n) is 4.44. The zero-order valence-electron chi connectivity index (χ0n) is 11.7. The lowest BCUT2D eigenvalue weighted by Gasteiger charge is -2.10. The molecule has 0 aliphatic rings. The number of rotatable bonds is 6. The number of halogens is 2. The van der Waals surface area contributed by atoms with Crippen LogP contribution < -0.4 is 9.84 Å². The molecule has 23 heavy (non-hydrogen) atoms. The average molecular weight is 354 g/mol. The summed E-state index contributed by atoms with van der Waals surface area (Å²) in [6.07, 6.45) is 1.26. The molecule has 0 unspecified atom stereocenters. The molecule has 2 rings (SSSR count). The number of nitro groups is 1. The zero-order valence-corrected chi connectivity index (χ0v) is 13.3. The Bertz CT molecular complexity index is 733. The van der Waals surface area contributed by atoms with Gasteiger partial charge in [0.05, 0.1) is 11.5 Å². The van der Waals surface area contributed by atoms with E-state index in [-0.39, 0.29) is 23.7 Å². The van der Waals surface area contributed by atoms with Crippen molar-refractivity contribution in [3.63, 3.8) is 0 Å². The van der Waals surface area contributed by atoms with Crippen LogP contribution in [0.4, 0.5) is 5.69 Å². The van der Waals surface area contributed by atoms with Crippen molar-refractivity contribution in [2.45, 2.75) is 0 Å². The fourth-order valence-electron chi connectivity index (χ4n) is 1.74. The Kier molecular flexibility index (Phi) is 5.78. The summed E-state index contributed by atoms with van der Waals surface area (Å²) < 4.78 is 5.43. The SMILES string of the molecule is O=[N+]([O-])c1cc(Cl)cc(C=NCCOc2ccc(Cl)cc2)c1[O-]. The summed E-state index contributed by atoms with van der Waals surface area (Å²) in [6, 6.07) is 9.21. The Labute approximate surface area is 142 Å². The molecule has 0 amide bonds. The number of hydrogen-bond acceptors (Lipinski definition) is 5. The maximum atomic E-state index is 11.8. The lowest BCUT2D eigenvalue weighted by Crippen LogP contribution is -2.04. The van der Waals surface area contributed by atoms with Crippen molar-refractivity contribution in [3.05, 3.63) is 62.1 Å². The van der Waals surface area contributed by atoms with Crippen LogP contribution in [0.1, 0.15) is 5.56 Å². The number of hydrogen-bond donors (Lipinski definition) is 0. The quantitative estimate of drug-likeness (QED) is 0.344. The molecule has 2 aromatic carbocycles. The van der Waals surface area contributed by atoms with Crippen LogP contribution in [0, 0.1) is 10.1 Å². The van der Waals surface area contributed by atoms with Crippen molar-refractivity contribution in [2.24, 2.45) is 4.99 Å². The number of aliphatic imine (C=N–C) groups is 1. The van der Waals surface area contributed by atoms with Crippen molar-refractivity contribution in [2.75, 3.05) is 13.2 Å². The van der Waals surface area contributed by atoms with Gasteiger partial charge in [0.1, 0.15) is 12.4 Å². The topological polar surface area (TPSA) is 87.8 Å². The van der Waals surface area contributed by atoms with Crippen molar-refractivity contribution < 1.29 is 14.8 Å². The van der Waals surface area contributed by atoms with Crippen LogP contribution >= 0.6 is 23.2 Å². The minimum atomic E-state index is -0.769. The van der Waals surface area contributed by atoms with E-state index in [1.165, 1.54) is 12.3 Å². The molecule has 0 heterocycles. The van der Waals surface area contributed by atoms with Crippen LogP contribution in [0.25, 0.3) is 0 Å². The van der Waals surface area contributed by atoms with Gasteiger partial charge in [-0.15, -0.1) is 0 Å². The molecule has 6 nitrogen and oxygen atoms in total. The number of ether oxygens (including phenoxy) is 1. The lowest BCUT2D eigenvalue weighted by molar-refractivity contribution is -0.398. The van der Waals surface area contributed by atoms with Gasteiger partial charge in [0.2, 0.25) is 0 Å². The molecule has 0 radical (unpaired) electrons. The third-order valence-corrected chi connectivity index (χ3v) is 3.26. The Balaban J connectivity index is 1.95. The predicted octanol–water partition coefficient (Wildman–Crippen LogP) is 3.47. The molecular weight excluding hydrogens is 343 g/mol. The number of nitrogens with zero attached hydrogens (tertiary/aromatic N) is 2. The van der Waals surface area contributed by atoms with Crippen LogP contribution in [0.15, 0.2) is 41.4 Å². The van der Waals surface area contributed by atoms with E-state index in [0.717, 1.165) is 6.07 Å². The van der Waals surface area contributed by atoms with Gasteiger partial charge >= 0.3 is 0 Å². The molecular formula is C15H11Cl2N2O4-. The molecule has 0 aliphatic carbocycles. The van der Waals surface area contributed by atoms with Gasteiger partial charge in [-0.2, -0.15) is 0 Å². The van der Waals surface area contributed by atoms with Crippen LogP contribution in [0.5, 0.6) is 11.5 Å². The van der Waals surface area contributed by atoms with E-state index < -0.39 is 16.4 Å². The maximum absolute atomic E-state index is 11.8. The molecule has 8 heteroatoms. The normalized spacial score (nSPS) is 10.9. The lowest BCUT2D eigenvalue weighted by atomic mass is 10.2. The highest BCUT2D eigenvalue weighted by atomic mass is 35.5. The maximum Gasteiger partial charge on any atom is 0.263 e. The first kappa shape index (κ1) is 17.1. The second kappa shape index (κ2) is 7.80. The summed E-state index contributed by atoms with van der Waals surface area (Å²) in [5.74, 6) is -0.0747. The zero-order chi connectivity index (χ0) is 16.8. The summed E-state index contributed by atoms with van der Waals surface area (Å²) in [5, 5.41) is 23.3. The fraction of sp³-hybridized carbons (Fsp3) is 0.133. The molecule has 0 bridgehead atoms. The monoisotopic (exact) mass is 353 g/mol. The van der Waals surface area contributed by atoms with Gasteiger partial charge in [0, 0.05) is 22.3 Å². The largest absolute Gasteiger partial charge is 0.867 e. The van der Waals surface area contributed by atoms with Crippen LogP contribution in [0.3, 0.4) is 0 Å². The third-order valence-electron chi connectivity index (χ3n) is 2.79. The first-order valence-corrected chi connectivity index (χ1v) is 7.26. The summed E-state index contributed by atoms with van der Waals surface area (Å²) in [6.45, 7) is 0.567. The van der Waals surface area contributed by atoms with E-state index in [9.17, 15) is 15.2 Å². The first-order chi connectivity index (χ1) is 11.0. The Morgan fingerprint density at radius 3 is 2.52 bits per heavy atom. The summed E-state index contributed by atoms with van der Waals surface area (Å²) in [7, 11) is 0. The van der Waals surface area contributed by atoms with Crippen LogP contribution in [-0.2, 0) is 0 Å². The molecule has 0 N–H and O–H groups in total. The fourth-order valence-corrected chi connectivity index (χ4v) is 2.09. The van der Waals surface area contributed by atoms with Crippen molar-refractivity contribution >= 4 is 35.1 Å². The summed E-state index contributed by atoms with van der Waals surface area (Å²) in [4.78, 5) is 14.0. The molecule has 0 aromatic heterocycles. The van der Waals surface area contributed by atoms with Crippen LogP contribution in [0.2, 0.25) is 10.0 Å². The van der Waals surface area contributed by atoms with E-state index >= 15 is 0 Å². The predicted molar refractivity (Wildman–Crippen MR) is 87.0 cm³/mol. The van der Waals surface area contributed by atoms with Gasteiger partial charge in [-0.1, -0.05) is 23.2 Å². The van der Waals surface area contributed by atoms with E-state index in [2.05, 4.69) is 4.99 Å². The minimum absolute atomic E-state index is 0.0655. The molecule has 0 spiro atoms. The van der Waals surface area contributed by atoms with E-state index in [1.807, 2.05) is 0 Å². The van der Waals surface area contributed by atoms with E-state index in [4.69, 9.17) is 27.9 Å². The van der Waals surface area contributed by atoms with E-state index in [0.29, 0.717) is 10.8 Å². The van der Waals surface area contributed by atoms with Gasteiger partial charge < -0.3 is 9.84 Å². The van der Waals surface area contributed by atoms with Gasteiger partial charge in [0.15, 0.2) is 0 Å². The van der Waals surface area contributed by atoms with Crippen molar-refractivity contribution in [1.29, 1.82) is 0 Å². The number of nitro benzene ring substituents is 1. The summed E-state index contributed by atoms with van der Waals surface area (Å²) >= 11 is 11.5. The Morgan fingerprint density at radius 2 is 1.87 bits per heavy atom. The van der Waals surface area contributed by atoms with Crippen molar-refractivity contribution in [1.82, 2.24) is 0 Å². The standard InChI is InChI=1S/C15H12Cl2N2O4/c16-11-1-3-13(4-2-11)23-6-5-18-9-10-7-12(17)8-14(15(10)20)19(21)22/h1-4,7-9,20H,5-6H2/p-1. The molecule has 0 fully saturated rings. The molecule has 0 aliphatic heterocycles. The molecule has 0 atom stereocenters. The first-order valence-electron chi connectivity index (χ1n) is 6.50. The molecule has 0 saturated carbocycles. The highest BCUT2D eigenvalue weighted by Crippen LogP contribution is 2.29. The third kappa shape index (κ3) is 4.84. The summed E-state index contributed by atoms with van der Waals surface area (Å²) in [5.41, 5.74) is -0.507. The van der Waals surface area contributed by atoms with Gasteiger partial charge in [-0.05, 0) is 41.6 Å². The van der Waals surface area contributed by atoms with Gasteiger partial charge in [0.25, 0.3) is 5.69 Å². The molecule has 120 valence electrons. The average Bonchev–Trinajstić information content (AvgIpc) is 2.51. The number of benzene rings is 2. The highest BCUT2D eigenvalue weighted by molar-refractivity contribution is 6.31. The smallest absolute Gasteiger partial charge is 0.263 e. The van der Waals surface area contributed by atoms with Gasteiger partial charge in [-0.25, -0.2) is 0 Å². The van der Waals surface area contributed by atoms with Crippen LogP contribution in [-0.4, -0.2) is 24.3 Å². The Morgan fingerprint density at radius 1 is 1.17 bits per heavy atom. The van der Waals surface area contributed by atoms with E-state index in [1.54, 1.807) is 24.3 Å². The minimum Gasteiger partial charge on any atom is -0.867 e. The van der Waals surface area contributed by atoms with Crippen molar-refractivity contribution in [3.8, 4) is 11.5 Å². The highest BCUT2D eigenvalue weighted by Gasteiger charge is 2.11. The molecule has 2 aromatic rings. The van der Waals surface area contributed by atoms with Gasteiger partial charge in [-0.3, -0.25) is 15.1 Å².